The summed E-state index contributed by atoms with van der Waals surface area (Å²) in [6, 6.07) is 4.97. The predicted molar refractivity (Wildman–Crippen MR) is 74.3 cm³/mol. The molecule has 0 aliphatic rings. The average Bonchev–Trinajstić information content (AvgIpc) is 2.58. The van der Waals surface area contributed by atoms with Crippen molar-refractivity contribution >= 4 is 38.9 Å². The molecule has 96 valence electrons. The Bertz CT molecular complexity index is 533. The minimum absolute atomic E-state index is 0.288. The van der Waals surface area contributed by atoms with Crippen LogP contribution >= 0.6 is 38.9 Å². The van der Waals surface area contributed by atoms with Gasteiger partial charge in [0.1, 0.15) is 11.6 Å². The van der Waals surface area contributed by atoms with E-state index in [-0.39, 0.29) is 6.04 Å². The lowest BCUT2D eigenvalue weighted by molar-refractivity contribution is 0.572. The smallest absolute Gasteiger partial charge is 0.126 e. The van der Waals surface area contributed by atoms with Crippen molar-refractivity contribution in [2.45, 2.75) is 6.04 Å². The number of thiophene rings is 1. The Balaban J connectivity index is 2.44. The molecule has 0 radical (unpaired) electrons. The van der Waals surface area contributed by atoms with E-state index in [1.165, 1.54) is 23.5 Å². The third-order valence-corrected chi connectivity index (χ3v) is 5.00. The van der Waals surface area contributed by atoms with E-state index in [9.17, 15) is 8.78 Å². The third kappa shape index (κ3) is 2.91. The van der Waals surface area contributed by atoms with Gasteiger partial charge in [-0.05, 0) is 46.7 Å². The number of nitrogens with one attached hydrogen (secondary N) is 1. The molecule has 0 aliphatic heterocycles. The van der Waals surface area contributed by atoms with Crippen molar-refractivity contribution < 1.29 is 8.78 Å². The second-order valence-corrected chi connectivity index (χ2v) is 6.50. The van der Waals surface area contributed by atoms with Crippen LogP contribution in [0.4, 0.5) is 8.78 Å². The number of hydrogen-bond donors (Lipinski definition) is 1. The van der Waals surface area contributed by atoms with E-state index in [0.717, 1.165) is 14.7 Å². The van der Waals surface area contributed by atoms with Gasteiger partial charge < -0.3 is 5.32 Å². The van der Waals surface area contributed by atoms with E-state index >= 15 is 0 Å². The number of halogens is 4. The van der Waals surface area contributed by atoms with Crippen molar-refractivity contribution in [1.29, 1.82) is 0 Å². The summed E-state index contributed by atoms with van der Waals surface area (Å²) in [5.74, 6) is -1.18. The summed E-state index contributed by atoms with van der Waals surface area (Å²) in [7, 11) is 1.73. The van der Waals surface area contributed by atoms with Crippen LogP contribution in [-0.4, -0.2) is 7.05 Å². The Morgan fingerprint density at radius 3 is 2.28 bits per heavy atom. The van der Waals surface area contributed by atoms with Crippen LogP contribution in [0.15, 0.2) is 28.1 Å². The maximum absolute atomic E-state index is 13.2. The van der Waals surface area contributed by atoms with Crippen LogP contribution in [0.5, 0.6) is 0 Å². The molecule has 0 saturated heterocycles. The first kappa shape index (κ1) is 13.9. The largest absolute Gasteiger partial charge is 0.309 e. The molecular weight excluding hydrogens is 344 g/mol. The lowest BCUT2D eigenvalue weighted by atomic mass is 10.1. The van der Waals surface area contributed by atoms with Crippen LogP contribution in [0.2, 0.25) is 5.02 Å². The summed E-state index contributed by atoms with van der Waals surface area (Å²) in [5, 5.41) is 3.62. The molecule has 1 heterocycles. The normalized spacial score (nSPS) is 12.7. The van der Waals surface area contributed by atoms with Crippen LogP contribution in [0.3, 0.4) is 0 Å². The molecule has 0 amide bonds. The SMILES string of the molecule is CNC(c1cc(F)cc(F)c1)c1cc(Cl)c(Br)s1. The van der Waals surface area contributed by atoms with E-state index in [4.69, 9.17) is 11.6 Å². The van der Waals surface area contributed by atoms with Crippen molar-refractivity contribution in [2.75, 3.05) is 7.05 Å². The van der Waals surface area contributed by atoms with Gasteiger partial charge >= 0.3 is 0 Å². The van der Waals surface area contributed by atoms with Gasteiger partial charge in [-0.2, -0.15) is 0 Å². The molecule has 0 fully saturated rings. The predicted octanol–water partition coefficient (Wildman–Crippen LogP) is 4.75. The monoisotopic (exact) mass is 351 g/mol. The topological polar surface area (TPSA) is 12.0 Å². The Hall–Kier alpha value is -0.490. The van der Waals surface area contributed by atoms with Gasteiger partial charge in [-0.1, -0.05) is 11.6 Å². The number of hydrogen-bond acceptors (Lipinski definition) is 2. The van der Waals surface area contributed by atoms with Gasteiger partial charge in [-0.25, -0.2) is 8.78 Å². The van der Waals surface area contributed by atoms with Crippen LogP contribution in [-0.2, 0) is 0 Å². The molecule has 2 aromatic rings. The molecule has 0 saturated carbocycles. The summed E-state index contributed by atoms with van der Waals surface area (Å²) < 4.78 is 27.3. The Morgan fingerprint density at radius 1 is 1.22 bits per heavy atom. The van der Waals surface area contributed by atoms with Crippen molar-refractivity contribution in [1.82, 2.24) is 5.32 Å². The van der Waals surface area contributed by atoms with E-state index in [0.29, 0.717) is 10.6 Å². The molecule has 1 unspecified atom stereocenters. The van der Waals surface area contributed by atoms with Gasteiger partial charge in [-0.3, -0.25) is 0 Å². The van der Waals surface area contributed by atoms with Crippen LogP contribution in [0.1, 0.15) is 16.5 Å². The van der Waals surface area contributed by atoms with Crippen molar-refractivity contribution in [3.63, 3.8) is 0 Å². The lowest BCUT2D eigenvalue weighted by Crippen LogP contribution is -2.16. The van der Waals surface area contributed by atoms with Gasteiger partial charge in [0.2, 0.25) is 0 Å². The number of rotatable bonds is 3. The molecule has 1 N–H and O–H groups in total. The molecule has 1 aromatic carbocycles. The molecular formula is C12H9BrClF2NS. The van der Waals surface area contributed by atoms with Crippen molar-refractivity contribution in [2.24, 2.45) is 0 Å². The minimum Gasteiger partial charge on any atom is -0.309 e. The van der Waals surface area contributed by atoms with Gasteiger partial charge in [0.25, 0.3) is 0 Å². The highest BCUT2D eigenvalue weighted by Gasteiger charge is 2.17. The van der Waals surface area contributed by atoms with E-state index in [2.05, 4.69) is 21.2 Å². The fraction of sp³-hybridized carbons (Fsp3) is 0.167. The summed E-state index contributed by atoms with van der Waals surface area (Å²) >= 11 is 10.7. The van der Waals surface area contributed by atoms with Crippen molar-refractivity contribution in [3.8, 4) is 0 Å². The van der Waals surface area contributed by atoms with Gasteiger partial charge in [-0.15, -0.1) is 11.3 Å². The number of benzene rings is 1. The van der Waals surface area contributed by atoms with Crippen LogP contribution in [0, 0.1) is 11.6 Å². The first-order valence-electron chi connectivity index (χ1n) is 5.09. The zero-order valence-corrected chi connectivity index (χ0v) is 12.5. The molecule has 6 heteroatoms. The quantitative estimate of drug-likeness (QED) is 0.840. The molecule has 2 rings (SSSR count). The molecule has 0 spiro atoms. The standard InChI is InChI=1S/C12H9BrClF2NS/c1-17-11(10-5-9(14)12(13)18-10)6-2-7(15)4-8(16)3-6/h2-5,11,17H,1H3. The second-order valence-electron chi connectivity index (χ2n) is 3.69. The lowest BCUT2D eigenvalue weighted by Gasteiger charge is -2.15. The minimum atomic E-state index is -0.591. The summed E-state index contributed by atoms with van der Waals surface area (Å²) in [4.78, 5) is 0.888. The molecule has 18 heavy (non-hydrogen) atoms. The van der Waals surface area contributed by atoms with E-state index in [1.807, 2.05) is 0 Å². The third-order valence-electron chi connectivity index (χ3n) is 2.46. The first-order chi connectivity index (χ1) is 8.51. The van der Waals surface area contributed by atoms with Gasteiger partial charge in [0, 0.05) is 10.9 Å². The maximum atomic E-state index is 13.2. The second kappa shape index (κ2) is 5.65. The highest BCUT2D eigenvalue weighted by Crippen LogP contribution is 2.37. The zero-order valence-electron chi connectivity index (χ0n) is 9.31. The molecule has 0 aliphatic carbocycles. The fourth-order valence-corrected chi connectivity index (χ4v) is 3.61. The summed E-state index contributed by atoms with van der Waals surface area (Å²) in [5.41, 5.74) is 0.528. The van der Waals surface area contributed by atoms with Crippen LogP contribution in [0.25, 0.3) is 0 Å². The summed E-state index contributed by atoms with van der Waals surface area (Å²) in [6.45, 7) is 0. The molecule has 1 aromatic heterocycles. The summed E-state index contributed by atoms with van der Waals surface area (Å²) in [6.07, 6.45) is 0. The Morgan fingerprint density at radius 2 is 1.83 bits per heavy atom. The molecule has 1 atom stereocenters. The van der Waals surface area contributed by atoms with Crippen LogP contribution < -0.4 is 5.32 Å². The zero-order chi connectivity index (χ0) is 13.3. The first-order valence-corrected chi connectivity index (χ1v) is 7.08. The Kier molecular flexibility index (Phi) is 4.37. The highest BCUT2D eigenvalue weighted by atomic mass is 79.9. The Labute approximate surface area is 121 Å². The van der Waals surface area contributed by atoms with Gasteiger partial charge in [0.05, 0.1) is 14.9 Å². The average molecular weight is 353 g/mol. The highest BCUT2D eigenvalue weighted by molar-refractivity contribution is 9.11. The van der Waals surface area contributed by atoms with E-state index < -0.39 is 11.6 Å². The van der Waals surface area contributed by atoms with Gasteiger partial charge in [0.15, 0.2) is 0 Å². The molecule has 0 bridgehead atoms. The van der Waals surface area contributed by atoms with Crippen molar-refractivity contribution in [3.05, 3.63) is 55.1 Å². The fourth-order valence-electron chi connectivity index (χ4n) is 1.72. The molecule has 1 nitrogen and oxygen atoms in total. The maximum Gasteiger partial charge on any atom is 0.126 e. The van der Waals surface area contributed by atoms with E-state index in [1.54, 1.807) is 13.1 Å².